The number of carbonyl (C=O) groups excluding carboxylic acids is 2. The van der Waals surface area contributed by atoms with Crippen LogP contribution in [0.3, 0.4) is 0 Å². The second-order valence-corrected chi connectivity index (χ2v) is 8.53. The van der Waals surface area contributed by atoms with E-state index in [4.69, 9.17) is 18.8 Å². The number of amides is 1. The first kappa shape index (κ1) is 21.8. The summed E-state index contributed by atoms with van der Waals surface area (Å²) in [7, 11) is 0.761. The van der Waals surface area contributed by atoms with Gasteiger partial charge in [0.15, 0.2) is 0 Å². The number of hydrogen-bond donors (Lipinski definition) is 0. The van der Waals surface area contributed by atoms with E-state index in [2.05, 4.69) is 0 Å². The van der Waals surface area contributed by atoms with Gasteiger partial charge in [0, 0.05) is 12.2 Å². The zero-order chi connectivity index (χ0) is 21.4. The molecule has 1 unspecified atom stereocenters. The van der Waals surface area contributed by atoms with Gasteiger partial charge in [0.1, 0.15) is 6.54 Å². The molecule has 2 aliphatic rings. The Hall–Kier alpha value is -1.90. The van der Waals surface area contributed by atoms with Gasteiger partial charge in [0.25, 0.3) is 5.91 Å². The van der Waals surface area contributed by atoms with Crippen LogP contribution in [-0.4, -0.2) is 62.0 Å². The number of carbonyl (C=O) groups is 2. The van der Waals surface area contributed by atoms with Crippen molar-refractivity contribution >= 4 is 24.5 Å². The Morgan fingerprint density at radius 3 is 2.45 bits per heavy atom. The summed E-state index contributed by atoms with van der Waals surface area (Å²) in [6, 6.07) is 5.31. The molecule has 1 saturated heterocycles. The van der Waals surface area contributed by atoms with Crippen molar-refractivity contribution in [2.24, 2.45) is 0 Å². The molecule has 3 rings (SSSR count). The third-order valence-corrected chi connectivity index (χ3v) is 5.98. The van der Waals surface area contributed by atoms with E-state index in [1.807, 2.05) is 52.8 Å². The molecule has 0 N–H and O–H groups in total. The van der Waals surface area contributed by atoms with Crippen molar-refractivity contribution in [2.75, 3.05) is 26.9 Å². The summed E-state index contributed by atoms with van der Waals surface area (Å²) in [5.74, 6) is -0.674. The van der Waals surface area contributed by atoms with Crippen molar-refractivity contribution in [3.8, 4) is 0 Å². The lowest BCUT2D eigenvalue weighted by Crippen LogP contribution is -2.41. The second-order valence-electron chi connectivity index (χ2n) is 8.53. The van der Waals surface area contributed by atoms with Crippen LogP contribution >= 0.6 is 0 Å². The predicted molar refractivity (Wildman–Crippen MR) is 109 cm³/mol. The van der Waals surface area contributed by atoms with E-state index >= 15 is 0 Å². The maximum absolute atomic E-state index is 13.1. The van der Waals surface area contributed by atoms with Crippen LogP contribution in [-0.2, 0) is 23.6 Å². The van der Waals surface area contributed by atoms with Gasteiger partial charge < -0.3 is 23.7 Å². The van der Waals surface area contributed by atoms with E-state index in [-0.39, 0.29) is 18.5 Å². The van der Waals surface area contributed by atoms with Crippen molar-refractivity contribution < 1.29 is 28.4 Å². The fourth-order valence-corrected chi connectivity index (χ4v) is 3.54. The number of rotatable bonds is 7. The van der Waals surface area contributed by atoms with Crippen molar-refractivity contribution in [3.05, 3.63) is 29.3 Å². The summed E-state index contributed by atoms with van der Waals surface area (Å²) >= 11 is 0. The maximum atomic E-state index is 13.1. The minimum atomic E-state index is -0.553. The van der Waals surface area contributed by atoms with E-state index in [0.717, 1.165) is 17.4 Å². The average Bonchev–Trinajstić information content (AvgIpc) is 3.05. The quantitative estimate of drug-likeness (QED) is 0.394. The lowest BCUT2D eigenvalue weighted by atomic mass is 9.77. The van der Waals surface area contributed by atoms with Crippen molar-refractivity contribution in [1.82, 2.24) is 4.90 Å². The van der Waals surface area contributed by atoms with E-state index in [1.54, 1.807) is 0 Å². The van der Waals surface area contributed by atoms with Crippen LogP contribution in [0.1, 0.15) is 63.0 Å². The molecule has 158 valence electrons. The van der Waals surface area contributed by atoms with Gasteiger partial charge in [-0.2, -0.15) is 0 Å². The molecule has 29 heavy (non-hydrogen) atoms. The molecule has 1 atom stereocenters. The predicted octanol–water partition coefficient (Wildman–Crippen LogP) is 2.08. The standard InChI is InChI=1S/C21H30BNO6/c1-7-10-27-13-17-15-9-8-14(22-28-20(2,3)21(4,5)29-22)11-16(15)19(25)23(17)12-18(24)26-6/h8-9,11,17H,7,10,12-13H2,1-6H3. The van der Waals surface area contributed by atoms with Crippen molar-refractivity contribution in [1.29, 1.82) is 0 Å². The van der Waals surface area contributed by atoms with Gasteiger partial charge in [-0.05, 0) is 51.2 Å². The number of hydrogen-bond acceptors (Lipinski definition) is 6. The Kier molecular flexibility index (Phi) is 6.08. The Labute approximate surface area is 172 Å². The fourth-order valence-electron chi connectivity index (χ4n) is 3.54. The van der Waals surface area contributed by atoms with E-state index in [1.165, 1.54) is 12.0 Å². The molecule has 1 fully saturated rings. The van der Waals surface area contributed by atoms with E-state index in [0.29, 0.717) is 18.8 Å². The Morgan fingerprint density at radius 1 is 1.21 bits per heavy atom. The summed E-state index contributed by atoms with van der Waals surface area (Å²) in [6.45, 7) is 10.8. The molecule has 0 radical (unpaired) electrons. The number of esters is 1. The third kappa shape index (κ3) is 4.06. The number of fused-ring (bicyclic) bond motifs is 1. The van der Waals surface area contributed by atoms with E-state index in [9.17, 15) is 9.59 Å². The zero-order valence-electron chi connectivity index (χ0n) is 18.1. The SMILES string of the molecule is CCCOCC1c2ccc(B3OC(C)(C)C(C)(C)O3)cc2C(=O)N1CC(=O)OC. The monoisotopic (exact) mass is 403 g/mol. The highest BCUT2D eigenvalue weighted by molar-refractivity contribution is 6.62. The minimum Gasteiger partial charge on any atom is -0.468 e. The molecule has 0 aliphatic carbocycles. The van der Waals surface area contributed by atoms with Gasteiger partial charge in [-0.1, -0.05) is 19.1 Å². The summed E-state index contributed by atoms with van der Waals surface area (Å²) < 4.78 is 22.7. The topological polar surface area (TPSA) is 74.3 Å². The highest BCUT2D eigenvalue weighted by atomic mass is 16.7. The Balaban J connectivity index is 1.89. The van der Waals surface area contributed by atoms with Crippen LogP contribution in [0.15, 0.2) is 18.2 Å². The van der Waals surface area contributed by atoms with Gasteiger partial charge in [-0.15, -0.1) is 0 Å². The first-order valence-corrected chi connectivity index (χ1v) is 10.1. The van der Waals surface area contributed by atoms with E-state index < -0.39 is 24.3 Å². The van der Waals surface area contributed by atoms with Crippen LogP contribution in [0.25, 0.3) is 0 Å². The lowest BCUT2D eigenvalue weighted by Gasteiger charge is -2.32. The molecule has 7 nitrogen and oxygen atoms in total. The smallest absolute Gasteiger partial charge is 0.468 e. The third-order valence-electron chi connectivity index (χ3n) is 5.98. The van der Waals surface area contributed by atoms with Crippen LogP contribution in [0.5, 0.6) is 0 Å². The molecule has 2 heterocycles. The summed E-state index contributed by atoms with van der Waals surface area (Å²) in [6.07, 6.45) is 0.880. The number of methoxy groups -OCH3 is 1. The van der Waals surface area contributed by atoms with Crippen LogP contribution in [0, 0.1) is 0 Å². The van der Waals surface area contributed by atoms with Crippen LogP contribution in [0.4, 0.5) is 0 Å². The molecule has 2 aliphatic heterocycles. The molecule has 8 heteroatoms. The number of nitrogens with zero attached hydrogens (tertiary/aromatic N) is 1. The molecule has 0 bridgehead atoms. The highest BCUT2D eigenvalue weighted by Gasteiger charge is 2.52. The van der Waals surface area contributed by atoms with Crippen molar-refractivity contribution in [2.45, 2.75) is 58.3 Å². The number of benzene rings is 1. The largest absolute Gasteiger partial charge is 0.494 e. The summed E-state index contributed by atoms with van der Waals surface area (Å²) in [5.41, 5.74) is 1.24. The molecule has 0 spiro atoms. The molecular formula is C21H30BNO6. The minimum absolute atomic E-state index is 0.115. The second kappa shape index (κ2) is 8.09. The molecule has 0 aromatic heterocycles. The van der Waals surface area contributed by atoms with Gasteiger partial charge >= 0.3 is 13.1 Å². The van der Waals surface area contributed by atoms with Gasteiger partial charge in [0.05, 0.1) is 31.0 Å². The summed E-state index contributed by atoms with van der Waals surface area (Å²) in [4.78, 5) is 26.5. The molecule has 0 saturated carbocycles. The molecule has 1 aromatic rings. The first-order chi connectivity index (χ1) is 13.6. The highest BCUT2D eigenvalue weighted by Crippen LogP contribution is 2.38. The van der Waals surface area contributed by atoms with Gasteiger partial charge in [0.2, 0.25) is 0 Å². The molecule has 1 aromatic carbocycles. The van der Waals surface area contributed by atoms with Crippen molar-refractivity contribution in [3.63, 3.8) is 0 Å². The van der Waals surface area contributed by atoms with Crippen LogP contribution in [0.2, 0.25) is 0 Å². The Bertz CT molecular complexity index is 777. The van der Waals surface area contributed by atoms with Gasteiger partial charge in [-0.25, -0.2) is 0 Å². The molecule has 1 amide bonds. The van der Waals surface area contributed by atoms with Gasteiger partial charge in [-0.3, -0.25) is 9.59 Å². The zero-order valence-corrected chi connectivity index (χ0v) is 18.1. The fraction of sp³-hybridized carbons (Fsp3) is 0.619. The summed E-state index contributed by atoms with van der Waals surface area (Å²) in [5, 5.41) is 0. The first-order valence-electron chi connectivity index (χ1n) is 10.1. The Morgan fingerprint density at radius 2 is 1.86 bits per heavy atom. The average molecular weight is 403 g/mol. The number of ether oxygens (including phenoxy) is 2. The normalized spacial score (nSPS) is 22.1. The maximum Gasteiger partial charge on any atom is 0.494 e. The van der Waals surface area contributed by atoms with Crippen LogP contribution < -0.4 is 5.46 Å². The lowest BCUT2D eigenvalue weighted by molar-refractivity contribution is -0.142. The molecular weight excluding hydrogens is 373 g/mol.